The molecule has 0 radical (unpaired) electrons. The lowest BCUT2D eigenvalue weighted by Crippen LogP contribution is -2.28. The second kappa shape index (κ2) is 4.67. The Balaban J connectivity index is 2.14. The standard InChI is InChI=1S/C13H21NS/c1-4-14-13(9(2)11-5-6-11)12-7-8-15-10(12)3/h7-9,11,13-14H,4-6H2,1-3H3. The van der Waals surface area contributed by atoms with E-state index in [4.69, 9.17) is 0 Å². The first kappa shape index (κ1) is 11.2. The summed E-state index contributed by atoms with van der Waals surface area (Å²) in [5, 5.41) is 5.87. The molecule has 0 aliphatic heterocycles. The van der Waals surface area contributed by atoms with Crippen LogP contribution in [-0.2, 0) is 0 Å². The highest BCUT2D eigenvalue weighted by atomic mass is 32.1. The zero-order valence-corrected chi connectivity index (χ0v) is 10.7. The second-order valence-corrected chi connectivity index (χ2v) is 5.78. The van der Waals surface area contributed by atoms with E-state index in [0.29, 0.717) is 6.04 Å². The van der Waals surface area contributed by atoms with Crippen molar-refractivity contribution in [1.82, 2.24) is 5.32 Å². The molecule has 0 saturated heterocycles. The van der Waals surface area contributed by atoms with Gasteiger partial charge in [-0.15, -0.1) is 11.3 Å². The first-order valence-electron chi connectivity index (χ1n) is 6.01. The second-order valence-electron chi connectivity index (χ2n) is 4.66. The number of rotatable bonds is 5. The third-order valence-corrected chi connectivity index (χ3v) is 4.41. The normalized spacial score (nSPS) is 20.2. The fourth-order valence-electron chi connectivity index (χ4n) is 2.41. The molecule has 0 aromatic carbocycles. The Morgan fingerprint density at radius 3 is 2.73 bits per heavy atom. The van der Waals surface area contributed by atoms with Crippen molar-refractivity contribution in [3.63, 3.8) is 0 Å². The minimum atomic E-state index is 0.578. The minimum Gasteiger partial charge on any atom is -0.310 e. The molecule has 1 aromatic rings. The summed E-state index contributed by atoms with van der Waals surface area (Å²) < 4.78 is 0. The number of hydrogen-bond acceptors (Lipinski definition) is 2. The summed E-state index contributed by atoms with van der Waals surface area (Å²) in [4.78, 5) is 1.48. The van der Waals surface area contributed by atoms with Gasteiger partial charge in [-0.05, 0) is 55.2 Å². The molecule has 1 fully saturated rings. The maximum Gasteiger partial charge on any atom is 0.0359 e. The molecule has 0 bridgehead atoms. The Kier molecular flexibility index (Phi) is 3.47. The first-order valence-corrected chi connectivity index (χ1v) is 6.89. The molecule has 1 aromatic heterocycles. The largest absolute Gasteiger partial charge is 0.310 e. The quantitative estimate of drug-likeness (QED) is 0.801. The van der Waals surface area contributed by atoms with Gasteiger partial charge in [-0.1, -0.05) is 13.8 Å². The summed E-state index contributed by atoms with van der Waals surface area (Å²) in [6.45, 7) is 7.91. The van der Waals surface area contributed by atoms with E-state index in [1.165, 1.54) is 23.3 Å². The van der Waals surface area contributed by atoms with E-state index < -0.39 is 0 Å². The first-order chi connectivity index (χ1) is 7.24. The van der Waals surface area contributed by atoms with E-state index >= 15 is 0 Å². The minimum absolute atomic E-state index is 0.578. The Bertz CT molecular complexity index is 314. The fraction of sp³-hybridized carbons (Fsp3) is 0.692. The van der Waals surface area contributed by atoms with Crippen LogP contribution in [0.3, 0.4) is 0 Å². The monoisotopic (exact) mass is 223 g/mol. The van der Waals surface area contributed by atoms with Crippen LogP contribution in [-0.4, -0.2) is 6.54 Å². The SMILES string of the molecule is CCNC(c1ccsc1C)C(C)C1CC1. The molecule has 2 unspecified atom stereocenters. The van der Waals surface area contributed by atoms with Crippen molar-refractivity contribution in [3.05, 3.63) is 21.9 Å². The molecule has 1 aliphatic rings. The maximum atomic E-state index is 3.65. The summed E-state index contributed by atoms with van der Waals surface area (Å²) in [6, 6.07) is 2.88. The van der Waals surface area contributed by atoms with E-state index in [1.807, 2.05) is 11.3 Å². The highest BCUT2D eigenvalue weighted by molar-refractivity contribution is 7.10. The van der Waals surface area contributed by atoms with Crippen LogP contribution >= 0.6 is 11.3 Å². The van der Waals surface area contributed by atoms with E-state index in [1.54, 1.807) is 0 Å². The molecular formula is C13H21NS. The van der Waals surface area contributed by atoms with E-state index in [0.717, 1.165) is 18.4 Å². The third kappa shape index (κ3) is 2.43. The lowest BCUT2D eigenvalue weighted by atomic mass is 9.91. The summed E-state index contributed by atoms with van der Waals surface area (Å²) in [5.74, 6) is 1.76. The lowest BCUT2D eigenvalue weighted by molar-refractivity contribution is 0.355. The zero-order valence-electron chi connectivity index (χ0n) is 9.92. The van der Waals surface area contributed by atoms with Gasteiger partial charge in [-0.25, -0.2) is 0 Å². The van der Waals surface area contributed by atoms with Crippen LogP contribution in [0, 0.1) is 18.8 Å². The average Bonchev–Trinajstić information content (AvgIpc) is 2.98. The fourth-order valence-corrected chi connectivity index (χ4v) is 3.16. The summed E-state index contributed by atoms with van der Waals surface area (Å²) in [7, 11) is 0. The van der Waals surface area contributed by atoms with Gasteiger partial charge in [-0.3, -0.25) is 0 Å². The van der Waals surface area contributed by atoms with Crippen molar-refractivity contribution in [2.45, 2.75) is 39.7 Å². The molecule has 2 atom stereocenters. The van der Waals surface area contributed by atoms with Crippen molar-refractivity contribution < 1.29 is 0 Å². The van der Waals surface area contributed by atoms with Gasteiger partial charge in [0.15, 0.2) is 0 Å². The van der Waals surface area contributed by atoms with Crippen LogP contribution in [0.15, 0.2) is 11.4 Å². The van der Waals surface area contributed by atoms with Gasteiger partial charge in [-0.2, -0.15) is 0 Å². The molecule has 2 heteroatoms. The Morgan fingerprint density at radius 1 is 1.53 bits per heavy atom. The van der Waals surface area contributed by atoms with Crippen molar-refractivity contribution in [2.75, 3.05) is 6.54 Å². The average molecular weight is 223 g/mol. The summed E-state index contributed by atoms with van der Waals surface area (Å²) in [6.07, 6.45) is 2.87. The highest BCUT2D eigenvalue weighted by Gasteiger charge is 2.34. The van der Waals surface area contributed by atoms with Crippen LogP contribution in [0.1, 0.15) is 43.2 Å². The molecule has 1 N–H and O–H groups in total. The van der Waals surface area contributed by atoms with Crippen molar-refractivity contribution in [1.29, 1.82) is 0 Å². The number of thiophene rings is 1. The van der Waals surface area contributed by atoms with Gasteiger partial charge in [0.25, 0.3) is 0 Å². The van der Waals surface area contributed by atoms with Gasteiger partial charge in [0.1, 0.15) is 0 Å². The van der Waals surface area contributed by atoms with E-state index in [2.05, 4.69) is 37.5 Å². The van der Waals surface area contributed by atoms with Gasteiger partial charge in [0.2, 0.25) is 0 Å². The molecule has 1 aliphatic carbocycles. The highest BCUT2D eigenvalue weighted by Crippen LogP contribution is 2.43. The molecule has 2 rings (SSSR count). The van der Waals surface area contributed by atoms with Gasteiger partial charge < -0.3 is 5.32 Å². The Morgan fingerprint density at radius 2 is 2.27 bits per heavy atom. The molecule has 15 heavy (non-hydrogen) atoms. The summed E-state index contributed by atoms with van der Waals surface area (Å²) >= 11 is 1.87. The molecule has 84 valence electrons. The van der Waals surface area contributed by atoms with Crippen molar-refractivity contribution in [2.24, 2.45) is 11.8 Å². The van der Waals surface area contributed by atoms with Crippen molar-refractivity contribution in [3.8, 4) is 0 Å². The van der Waals surface area contributed by atoms with Gasteiger partial charge in [0, 0.05) is 10.9 Å². The van der Waals surface area contributed by atoms with Crippen LogP contribution in [0.4, 0.5) is 0 Å². The molecule has 0 amide bonds. The van der Waals surface area contributed by atoms with E-state index in [9.17, 15) is 0 Å². The molecule has 0 spiro atoms. The zero-order chi connectivity index (χ0) is 10.8. The third-order valence-electron chi connectivity index (χ3n) is 3.55. The van der Waals surface area contributed by atoms with Crippen LogP contribution < -0.4 is 5.32 Å². The summed E-state index contributed by atoms with van der Waals surface area (Å²) in [5.41, 5.74) is 1.53. The molecule has 1 saturated carbocycles. The van der Waals surface area contributed by atoms with Crippen LogP contribution in [0.5, 0.6) is 0 Å². The van der Waals surface area contributed by atoms with Gasteiger partial charge >= 0.3 is 0 Å². The topological polar surface area (TPSA) is 12.0 Å². The van der Waals surface area contributed by atoms with E-state index in [-0.39, 0.29) is 0 Å². The smallest absolute Gasteiger partial charge is 0.0359 e. The predicted molar refractivity (Wildman–Crippen MR) is 67.4 cm³/mol. The van der Waals surface area contributed by atoms with Crippen molar-refractivity contribution >= 4 is 11.3 Å². The van der Waals surface area contributed by atoms with Crippen LogP contribution in [0.25, 0.3) is 0 Å². The number of aryl methyl sites for hydroxylation is 1. The van der Waals surface area contributed by atoms with Crippen LogP contribution in [0.2, 0.25) is 0 Å². The lowest BCUT2D eigenvalue weighted by Gasteiger charge is -2.25. The predicted octanol–water partition coefficient (Wildman–Crippen LogP) is 3.75. The molecule has 1 nitrogen and oxygen atoms in total. The molecule has 1 heterocycles. The number of hydrogen-bond donors (Lipinski definition) is 1. The van der Waals surface area contributed by atoms with Gasteiger partial charge in [0.05, 0.1) is 0 Å². The maximum absolute atomic E-state index is 3.65. The Hall–Kier alpha value is -0.340. The Labute approximate surface area is 96.9 Å². The molecular weight excluding hydrogens is 202 g/mol. The number of nitrogens with one attached hydrogen (secondary N) is 1.